The van der Waals surface area contributed by atoms with Crippen molar-refractivity contribution in [3.63, 3.8) is 0 Å². The molecule has 0 aromatic heterocycles. The zero-order chi connectivity index (χ0) is 14.5. The van der Waals surface area contributed by atoms with Gasteiger partial charge in [0.05, 0.1) is 0 Å². The highest BCUT2D eigenvalue weighted by molar-refractivity contribution is 5.68. The summed E-state index contributed by atoms with van der Waals surface area (Å²) >= 11 is 0. The van der Waals surface area contributed by atoms with Gasteiger partial charge < -0.3 is 15.8 Å². The van der Waals surface area contributed by atoms with Gasteiger partial charge in [-0.15, -0.1) is 0 Å². The molecule has 19 heavy (non-hydrogen) atoms. The van der Waals surface area contributed by atoms with Crippen molar-refractivity contribution in [1.29, 1.82) is 0 Å². The number of amides is 1. The number of rotatable bonds is 3. The van der Waals surface area contributed by atoms with Crippen LogP contribution >= 0.6 is 0 Å². The number of nitrogens with two attached hydrogens (primary N) is 1. The van der Waals surface area contributed by atoms with Crippen LogP contribution < -0.4 is 11.1 Å². The maximum absolute atomic E-state index is 11.6. The minimum Gasteiger partial charge on any atom is -0.444 e. The van der Waals surface area contributed by atoms with Gasteiger partial charge in [0.2, 0.25) is 0 Å². The van der Waals surface area contributed by atoms with Crippen molar-refractivity contribution in [1.82, 2.24) is 5.32 Å². The number of nitrogens with one attached hydrogen (secondary N) is 1. The second-order valence-electron chi connectivity index (χ2n) is 5.80. The van der Waals surface area contributed by atoms with Crippen LogP contribution in [0.1, 0.15) is 40.5 Å². The van der Waals surface area contributed by atoms with Gasteiger partial charge in [-0.2, -0.15) is 0 Å². The fourth-order valence-corrected chi connectivity index (χ4v) is 1.75. The number of alkyl carbamates (subject to hydrolysis) is 1. The van der Waals surface area contributed by atoms with Crippen molar-refractivity contribution in [3.8, 4) is 0 Å². The molecule has 4 heteroatoms. The molecule has 0 heterocycles. The Morgan fingerprint density at radius 2 is 2.11 bits per heavy atom. The predicted octanol–water partition coefficient (Wildman–Crippen LogP) is 3.02. The highest BCUT2D eigenvalue weighted by Crippen LogP contribution is 2.14. The zero-order valence-electron chi connectivity index (χ0n) is 12.2. The van der Waals surface area contributed by atoms with Gasteiger partial charge in [-0.1, -0.05) is 18.2 Å². The van der Waals surface area contributed by atoms with Gasteiger partial charge in [0.1, 0.15) is 5.60 Å². The van der Waals surface area contributed by atoms with Crippen LogP contribution in [0, 0.1) is 0 Å². The summed E-state index contributed by atoms with van der Waals surface area (Å²) in [5.41, 5.74) is 7.20. The normalized spacial score (nSPS) is 17.1. The minimum atomic E-state index is -0.469. The van der Waals surface area contributed by atoms with E-state index >= 15 is 0 Å². The SMILES string of the molecule is CC(CC1=CCC=C(N)C=C1)NC(=O)OC(C)(C)C. The third kappa shape index (κ3) is 6.70. The van der Waals surface area contributed by atoms with E-state index in [1.807, 2.05) is 45.9 Å². The van der Waals surface area contributed by atoms with Crippen molar-refractivity contribution < 1.29 is 9.53 Å². The highest BCUT2D eigenvalue weighted by Gasteiger charge is 2.17. The largest absolute Gasteiger partial charge is 0.444 e. The molecule has 0 aliphatic heterocycles. The molecule has 106 valence electrons. The summed E-state index contributed by atoms with van der Waals surface area (Å²) in [6.45, 7) is 7.51. The Balaban J connectivity index is 2.44. The Kier molecular flexibility index (Phi) is 5.21. The second kappa shape index (κ2) is 6.45. The molecule has 0 saturated heterocycles. The molecule has 0 radical (unpaired) electrons. The van der Waals surface area contributed by atoms with Crippen LogP contribution in [0.4, 0.5) is 4.79 Å². The van der Waals surface area contributed by atoms with Crippen molar-refractivity contribution >= 4 is 6.09 Å². The van der Waals surface area contributed by atoms with Gasteiger partial charge in [0.15, 0.2) is 0 Å². The van der Waals surface area contributed by atoms with Crippen molar-refractivity contribution in [2.75, 3.05) is 0 Å². The first kappa shape index (κ1) is 15.3. The number of ether oxygens (including phenoxy) is 1. The van der Waals surface area contributed by atoms with Crippen LogP contribution in [0.25, 0.3) is 0 Å². The van der Waals surface area contributed by atoms with Gasteiger partial charge in [-0.3, -0.25) is 0 Å². The van der Waals surface area contributed by atoms with E-state index in [9.17, 15) is 4.79 Å². The first-order valence-corrected chi connectivity index (χ1v) is 6.58. The summed E-state index contributed by atoms with van der Waals surface area (Å²) < 4.78 is 5.22. The minimum absolute atomic E-state index is 0.0186. The van der Waals surface area contributed by atoms with Crippen molar-refractivity contribution in [2.45, 2.75) is 52.2 Å². The average molecular weight is 264 g/mol. The Bertz CT molecular complexity index is 414. The van der Waals surface area contributed by atoms with Crippen LogP contribution in [0.15, 0.2) is 35.6 Å². The van der Waals surface area contributed by atoms with E-state index in [1.165, 1.54) is 5.57 Å². The standard InChI is InChI=1S/C15H24N2O2/c1-11(17-14(18)19-15(2,3)4)10-12-6-5-7-13(16)9-8-12/h6-9,11H,5,10,16H2,1-4H3,(H,17,18). The van der Waals surface area contributed by atoms with Crippen LogP contribution in [0.5, 0.6) is 0 Å². The molecule has 0 aromatic rings. The number of hydrogen-bond donors (Lipinski definition) is 2. The number of allylic oxidation sites excluding steroid dienone is 4. The summed E-state index contributed by atoms with van der Waals surface area (Å²) in [4.78, 5) is 11.6. The molecular weight excluding hydrogens is 240 g/mol. The Morgan fingerprint density at radius 3 is 2.74 bits per heavy atom. The first-order valence-electron chi connectivity index (χ1n) is 6.58. The monoisotopic (exact) mass is 264 g/mol. The van der Waals surface area contributed by atoms with Gasteiger partial charge in [0.25, 0.3) is 0 Å². The maximum atomic E-state index is 11.6. The van der Waals surface area contributed by atoms with Crippen LogP contribution in [0.3, 0.4) is 0 Å². The summed E-state index contributed by atoms with van der Waals surface area (Å²) in [7, 11) is 0. The first-order chi connectivity index (χ1) is 8.76. The molecule has 1 aliphatic carbocycles. The Hall–Kier alpha value is -1.71. The second-order valence-corrected chi connectivity index (χ2v) is 5.80. The van der Waals surface area contributed by atoms with Crippen LogP contribution in [0.2, 0.25) is 0 Å². The lowest BCUT2D eigenvalue weighted by Crippen LogP contribution is -2.37. The van der Waals surface area contributed by atoms with E-state index in [0.29, 0.717) is 0 Å². The molecule has 0 bridgehead atoms. The predicted molar refractivity (Wildman–Crippen MR) is 77.6 cm³/mol. The van der Waals surface area contributed by atoms with Gasteiger partial charge in [-0.25, -0.2) is 4.79 Å². The molecule has 1 unspecified atom stereocenters. The molecule has 0 aromatic carbocycles. The van der Waals surface area contributed by atoms with E-state index < -0.39 is 5.60 Å². The van der Waals surface area contributed by atoms with Crippen molar-refractivity contribution in [3.05, 3.63) is 35.6 Å². The molecule has 1 atom stereocenters. The Labute approximate surface area is 115 Å². The topological polar surface area (TPSA) is 64.3 Å². The van der Waals surface area contributed by atoms with Crippen molar-refractivity contribution in [2.24, 2.45) is 5.73 Å². The van der Waals surface area contributed by atoms with E-state index in [1.54, 1.807) is 0 Å². The molecule has 1 amide bonds. The molecule has 1 aliphatic rings. The van der Waals surface area contributed by atoms with Gasteiger partial charge in [-0.05, 0) is 52.2 Å². The van der Waals surface area contributed by atoms with Gasteiger partial charge in [0, 0.05) is 11.7 Å². The lowest BCUT2D eigenvalue weighted by atomic mass is 10.1. The zero-order valence-corrected chi connectivity index (χ0v) is 12.2. The molecule has 0 saturated carbocycles. The molecule has 1 rings (SSSR count). The van der Waals surface area contributed by atoms with E-state index in [-0.39, 0.29) is 12.1 Å². The van der Waals surface area contributed by atoms with E-state index in [2.05, 4.69) is 11.4 Å². The quantitative estimate of drug-likeness (QED) is 0.823. The number of hydrogen-bond acceptors (Lipinski definition) is 3. The molecular formula is C15H24N2O2. The molecule has 3 N–H and O–H groups in total. The smallest absolute Gasteiger partial charge is 0.407 e. The third-order valence-electron chi connectivity index (χ3n) is 2.53. The number of carbonyl (C=O) groups is 1. The average Bonchev–Trinajstić information content (AvgIpc) is 2.40. The van der Waals surface area contributed by atoms with Crippen LogP contribution in [-0.2, 0) is 4.74 Å². The van der Waals surface area contributed by atoms with Gasteiger partial charge >= 0.3 is 6.09 Å². The lowest BCUT2D eigenvalue weighted by molar-refractivity contribution is 0.0509. The summed E-state index contributed by atoms with van der Waals surface area (Å²) in [6.07, 6.45) is 9.17. The molecule has 4 nitrogen and oxygen atoms in total. The third-order valence-corrected chi connectivity index (χ3v) is 2.53. The maximum Gasteiger partial charge on any atom is 0.407 e. The highest BCUT2D eigenvalue weighted by atomic mass is 16.6. The lowest BCUT2D eigenvalue weighted by Gasteiger charge is -2.22. The van der Waals surface area contributed by atoms with E-state index in [4.69, 9.17) is 10.5 Å². The van der Waals surface area contributed by atoms with E-state index in [0.717, 1.165) is 18.5 Å². The molecule has 0 spiro atoms. The Morgan fingerprint density at radius 1 is 1.42 bits per heavy atom. The van der Waals surface area contributed by atoms with Crippen LogP contribution in [-0.4, -0.2) is 17.7 Å². The molecule has 0 fully saturated rings. The summed E-state index contributed by atoms with van der Waals surface area (Å²) in [5, 5.41) is 2.83. The summed E-state index contributed by atoms with van der Waals surface area (Å²) in [5.74, 6) is 0. The number of carbonyl (C=O) groups excluding carboxylic acids is 1. The fourth-order valence-electron chi connectivity index (χ4n) is 1.75. The summed E-state index contributed by atoms with van der Waals surface area (Å²) in [6, 6.07) is 0.0186. The fraction of sp³-hybridized carbons (Fsp3) is 0.533.